The number of hydrogen-bond donors (Lipinski definition) is 0. The van der Waals surface area contributed by atoms with Crippen molar-refractivity contribution in [3.05, 3.63) is 29.8 Å². The summed E-state index contributed by atoms with van der Waals surface area (Å²) in [5, 5.41) is 0. The second-order valence-electron chi connectivity index (χ2n) is 8.40. The van der Waals surface area contributed by atoms with Crippen molar-refractivity contribution in [2.75, 3.05) is 31.9 Å². The van der Waals surface area contributed by atoms with Gasteiger partial charge in [-0.25, -0.2) is 0 Å². The summed E-state index contributed by atoms with van der Waals surface area (Å²) in [7, 11) is 0. The third-order valence-corrected chi connectivity index (χ3v) is 6.48. The maximum Gasteiger partial charge on any atom is 0.233 e. The standard InChI is InChI=1S/C21H30N2O2S/c1-21(2,3)17-7-9-18(10-8-17)26-15-19(24)22-11-13-23(14-12-22)20(25)16-5-4-6-16/h7-10,16H,4-6,11-15H2,1-3H3. The van der Waals surface area contributed by atoms with Gasteiger partial charge in [0.2, 0.25) is 11.8 Å². The zero-order chi connectivity index (χ0) is 18.7. The van der Waals surface area contributed by atoms with Crippen LogP contribution in [0.25, 0.3) is 0 Å². The molecule has 26 heavy (non-hydrogen) atoms. The summed E-state index contributed by atoms with van der Waals surface area (Å²) in [6, 6.07) is 8.51. The molecular weight excluding hydrogens is 344 g/mol. The Hall–Kier alpha value is -1.49. The number of carbonyl (C=O) groups is 2. The van der Waals surface area contributed by atoms with Gasteiger partial charge in [-0.05, 0) is 36.0 Å². The van der Waals surface area contributed by atoms with Crippen LogP contribution < -0.4 is 0 Å². The van der Waals surface area contributed by atoms with Crippen LogP contribution in [-0.4, -0.2) is 53.5 Å². The second kappa shape index (κ2) is 8.03. The molecule has 0 atom stereocenters. The number of carbonyl (C=O) groups excluding carboxylic acids is 2. The Kier molecular flexibility index (Phi) is 5.96. The lowest BCUT2D eigenvalue weighted by Crippen LogP contribution is -2.53. The lowest BCUT2D eigenvalue weighted by molar-refractivity contribution is -0.143. The van der Waals surface area contributed by atoms with Crippen LogP contribution in [0.2, 0.25) is 0 Å². The first-order valence-electron chi connectivity index (χ1n) is 9.64. The molecule has 5 heteroatoms. The van der Waals surface area contributed by atoms with E-state index >= 15 is 0 Å². The third-order valence-electron chi connectivity index (χ3n) is 5.48. The van der Waals surface area contributed by atoms with Crippen molar-refractivity contribution in [2.45, 2.75) is 50.3 Å². The Morgan fingerprint density at radius 1 is 1.00 bits per heavy atom. The van der Waals surface area contributed by atoms with Crippen molar-refractivity contribution in [3.8, 4) is 0 Å². The molecule has 142 valence electrons. The molecule has 1 aromatic rings. The van der Waals surface area contributed by atoms with Crippen LogP contribution >= 0.6 is 11.8 Å². The van der Waals surface area contributed by atoms with Crippen LogP contribution in [-0.2, 0) is 15.0 Å². The molecule has 1 aliphatic heterocycles. The highest BCUT2D eigenvalue weighted by Crippen LogP contribution is 2.29. The minimum Gasteiger partial charge on any atom is -0.339 e. The van der Waals surface area contributed by atoms with Gasteiger partial charge < -0.3 is 9.80 Å². The smallest absolute Gasteiger partial charge is 0.233 e. The Morgan fingerprint density at radius 2 is 1.58 bits per heavy atom. The van der Waals surface area contributed by atoms with Gasteiger partial charge in [0.25, 0.3) is 0 Å². The van der Waals surface area contributed by atoms with Crippen LogP contribution in [0.15, 0.2) is 29.2 Å². The van der Waals surface area contributed by atoms with Gasteiger partial charge in [-0.2, -0.15) is 0 Å². The van der Waals surface area contributed by atoms with Gasteiger partial charge in [0.05, 0.1) is 5.75 Å². The lowest BCUT2D eigenvalue weighted by atomic mass is 9.84. The van der Waals surface area contributed by atoms with E-state index in [1.807, 2.05) is 9.80 Å². The fraction of sp³-hybridized carbons (Fsp3) is 0.619. The van der Waals surface area contributed by atoms with Crippen molar-refractivity contribution in [2.24, 2.45) is 5.92 Å². The average molecular weight is 375 g/mol. The van der Waals surface area contributed by atoms with E-state index in [1.54, 1.807) is 11.8 Å². The molecular formula is C21H30N2O2S. The minimum atomic E-state index is 0.148. The van der Waals surface area contributed by atoms with Gasteiger partial charge in [0.15, 0.2) is 0 Å². The van der Waals surface area contributed by atoms with E-state index in [-0.39, 0.29) is 17.2 Å². The predicted molar refractivity (Wildman–Crippen MR) is 106 cm³/mol. The summed E-state index contributed by atoms with van der Waals surface area (Å²) < 4.78 is 0. The van der Waals surface area contributed by atoms with Crippen LogP contribution in [0.1, 0.15) is 45.6 Å². The molecule has 1 heterocycles. The van der Waals surface area contributed by atoms with E-state index in [0.717, 1.165) is 17.7 Å². The number of thioether (sulfide) groups is 1. The van der Waals surface area contributed by atoms with E-state index in [2.05, 4.69) is 45.0 Å². The van der Waals surface area contributed by atoms with Gasteiger partial charge in [0, 0.05) is 37.0 Å². The van der Waals surface area contributed by atoms with Crippen LogP contribution in [0.5, 0.6) is 0 Å². The molecule has 3 rings (SSSR count). The van der Waals surface area contributed by atoms with Gasteiger partial charge in [-0.15, -0.1) is 11.8 Å². The molecule has 1 saturated heterocycles. The molecule has 4 nitrogen and oxygen atoms in total. The van der Waals surface area contributed by atoms with Crippen molar-refractivity contribution in [1.82, 2.24) is 9.80 Å². The van der Waals surface area contributed by atoms with E-state index < -0.39 is 0 Å². The predicted octanol–water partition coefficient (Wildman–Crippen LogP) is 3.55. The number of piperazine rings is 1. The monoisotopic (exact) mass is 374 g/mol. The molecule has 0 N–H and O–H groups in total. The summed E-state index contributed by atoms with van der Waals surface area (Å²) in [5.74, 6) is 1.19. The van der Waals surface area contributed by atoms with Crippen LogP contribution in [0.3, 0.4) is 0 Å². The highest BCUT2D eigenvalue weighted by atomic mass is 32.2. The fourth-order valence-corrected chi connectivity index (χ4v) is 4.18. The fourth-order valence-electron chi connectivity index (χ4n) is 3.38. The highest BCUT2D eigenvalue weighted by Gasteiger charge is 2.31. The topological polar surface area (TPSA) is 40.6 Å². The van der Waals surface area contributed by atoms with Crippen molar-refractivity contribution >= 4 is 23.6 Å². The second-order valence-corrected chi connectivity index (χ2v) is 9.45. The molecule has 0 spiro atoms. The van der Waals surface area contributed by atoms with Crippen LogP contribution in [0, 0.1) is 5.92 Å². The van der Waals surface area contributed by atoms with E-state index in [4.69, 9.17) is 0 Å². The Bertz CT molecular complexity index is 639. The summed E-state index contributed by atoms with van der Waals surface area (Å²) in [5.41, 5.74) is 1.45. The summed E-state index contributed by atoms with van der Waals surface area (Å²) in [4.78, 5) is 29.7. The Labute approximate surface area is 161 Å². The molecule has 0 aromatic heterocycles. The molecule has 0 unspecified atom stereocenters. The normalized spacial score (nSPS) is 18.6. The zero-order valence-electron chi connectivity index (χ0n) is 16.2. The number of amides is 2. The molecule has 1 aliphatic carbocycles. The summed E-state index contributed by atoms with van der Waals surface area (Å²) in [6.45, 7) is 9.32. The molecule has 2 fully saturated rings. The molecule has 0 bridgehead atoms. The van der Waals surface area contributed by atoms with Gasteiger partial charge in [0.1, 0.15) is 0 Å². The maximum atomic E-state index is 12.5. The lowest BCUT2D eigenvalue weighted by Gasteiger charge is -2.38. The van der Waals surface area contributed by atoms with E-state index in [0.29, 0.717) is 37.8 Å². The molecule has 1 saturated carbocycles. The van der Waals surface area contributed by atoms with Crippen molar-refractivity contribution in [1.29, 1.82) is 0 Å². The molecule has 1 aromatic carbocycles. The van der Waals surface area contributed by atoms with E-state index in [9.17, 15) is 9.59 Å². The van der Waals surface area contributed by atoms with Crippen molar-refractivity contribution < 1.29 is 9.59 Å². The first kappa shape index (κ1) is 19.3. The average Bonchev–Trinajstić information content (AvgIpc) is 2.58. The number of benzene rings is 1. The van der Waals surface area contributed by atoms with Gasteiger partial charge in [-0.1, -0.05) is 39.3 Å². The third kappa shape index (κ3) is 4.61. The summed E-state index contributed by atoms with van der Waals surface area (Å²) in [6.07, 6.45) is 3.27. The minimum absolute atomic E-state index is 0.148. The summed E-state index contributed by atoms with van der Waals surface area (Å²) >= 11 is 1.59. The Morgan fingerprint density at radius 3 is 2.08 bits per heavy atom. The first-order chi connectivity index (χ1) is 12.3. The molecule has 2 aliphatic rings. The number of rotatable bonds is 4. The number of hydrogen-bond acceptors (Lipinski definition) is 3. The quantitative estimate of drug-likeness (QED) is 0.757. The van der Waals surface area contributed by atoms with Crippen LogP contribution in [0.4, 0.5) is 0 Å². The SMILES string of the molecule is CC(C)(C)c1ccc(SCC(=O)N2CCN(C(=O)C3CCC3)CC2)cc1. The van der Waals surface area contributed by atoms with Crippen molar-refractivity contribution in [3.63, 3.8) is 0 Å². The molecule has 0 radical (unpaired) electrons. The van der Waals surface area contributed by atoms with E-state index in [1.165, 1.54) is 12.0 Å². The largest absolute Gasteiger partial charge is 0.339 e. The molecule has 2 amide bonds. The van der Waals surface area contributed by atoms with Gasteiger partial charge >= 0.3 is 0 Å². The van der Waals surface area contributed by atoms with Gasteiger partial charge in [-0.3, -0.25) is 9.59 Å². The first-order valence-corrected chi connectivity index (χ1v) is 10.6. The maximum absolute atomic E-state index is 12.5. The highest BCUT2D eigenvalue weighted by molar-refractivity contribution is 8.00. The number of nitrogens with zero attached hydrogens (tertiary/aromatic N) is 2. The Balaban J connectivity index is 1.43. The zero-order valence-corrected chi connectivity index (χ0v) is 17.0.